The number of nitrogens with one attached hydrogen (secondary N) is 1. The third kappa shape index (κ3) is 3.35. The second-order valence-corrected chi connectivity index (χ2v) is 4.43. The zero-order valence-electron chi connectivity index (χ0n) is 10.2. The Morgan fingerprint density at radius 3 is 2.31 bits per heavy atom. The van der Waals surface area contributed by atoms with Crippen molar-refractivity contribution in [1.82, 2.24) is 5.32 Å². The number of carbonyl (C=O) groups is 1. The van der Waals surface area contributed by atoms with Gasteiger partial charge in [0, 0.05) is 18.2 Å². The Morgan fingerprint density at radius 2 is 1.88 bits per heavy atom. The number of hydrogen-bond acceptors (Lipinski definition) is 2. The first kappa shape index (κ1) is 12.7. The molecule has 0 bridgehead atoms. The summed E-state index contributed by atoms with van der Waals surface area (Å²) in [5.74, 6) is 0.295. The highest BCUT2D eigenvalue weighted by molar-refractivity contribution is 5.94. The van der Waals surface area contributed by atoms with E-state index < -0.39 is 0 Å². The minimum Gasteiger partial charge on any atom is -0.348 e. The highest BCUT2D eigenvalue weighted by Gasteiger charge is 2.15. The van der Waals surface area contributed by atoms with Gasteiger partial charge in [0.25, 0.3) is 5.91 Å². The number of nitrogens with two attached hydrogens (primary N) is 1. The van der Waals surface area contributed by atoms with Crippen LogP contribution in [0.3, 0.4) is 0 Å². The molecular formula is C13H20N2O. The minimum absolute atomic E-state index is 0.0359. The fraction of sp³-hybridized carbons (Fsp3) is 0.462. The van der Waals surface area contributed by atoms with Gasteiger partial charge < -0.3 is 11.1 Å². The van der Waals surface area contributed by atoms with Crippen molar-refractivity contribution in [1.29, 1.82) is 0 Å². The number of rotatable bonds is 4. The van der Waals surface area contributed by atoms with Crippen LogP contribution in [-0.2, 0) is 0 Å². The second-order valence-electron chi connectivity index (χ2n) is 4.43. The summed E-state index contributed by atoms with van der Waals surface area (Å²) in [6, 6.07) is 7.56. The van der Waals surface area contributed by atoms with Gasteiger partial charge in [0.05, 0.1) is 0 Å². The molecule has 1 atom stereocenters. The lowest BCUT2D eigenvalue weighted by Crippen LogP contribution is -2.43. The van der Waals surface area contributed by atoms with E-state index in [0.29, 0.717) is 18.0 Å². The summed E-state index contributed by atoms with van der Waals surface area (Å²) in [4.78, 5) is 11.9. The van der Waals surface area contributed by atoms with Crippen molar-refractivity contribution < 1.29 is 4.79 Å². The number of amides is 1. The summed E-state index contributed by atoms with van der Waals surface area (Å²) in [5.41, 5.74) is 7.44. The molecule has 0 aliphatic heterocycles. The van der Waals surface area contributed by atoms with Gasteiger partial charge in [-0.15, -0.1) is 0 Å². The molecule has 1 aromatic carbocycles. The predicted octanol–water partition coefficient (Wildman–Crippen LogP) is 1.71. The number of aryl methyl sites for hydroxylation is 1. The highest BCUT2D eigenvalue weighted by atomic mass is 16.1. The van der Waals surface area contributed by atoms with Crippen molar-refractivity contribution in [3.8, 4) is 0 Å². The third-order valence-electron chi connectivity index (χ3n) is 2.69. The maximum absolute atomic E-state index is 11.9. The molecule has 88 valence electrons. The lowest BCUT2D eigenvalue weighted by Gasteiger charge is -2.20. The molecule has 3 nitrogen and oxygen atoms in total. The van der Waals surface area contributed by atoms with E-state index in [2.05, 4.69) is 5.32 Å². The Balaban J connectivity index is 2.68. The summed E-state index contributed by atoms with van der Waals surface area (Å²) >= 11 is 0. The molecule has 1 amide bonds. The quantitative estimate of drug-likeness (QED) is 0.811. The summed E-state index contributed by atoms with van der Waals surface area (Å²) in [5, 5.41) is 2.94. The molecule has 0 unspecified atom stereocenters. The average Bonchev–Trinajstić information content (AvgIpc) is 2.26. The van der Waals surface area contributed by atoms with E-state index in [-0.39, 0.29) is 11.9 Å². The Hall–Kier alpha value is -1.35. The van der Waals surface area contributed by atoms with Crippen LogP contribution in [0.5, 0.6) is 0 Å². The van der Waals surface area contributed by atoms with E-state index >= 15 is 0 Å². The normalized spacial score (nSPS) is 12.6. The summed E-state index contributed by atoms with van der Waals surface area (Å²) < 4.78 is 0. The van der Waals surface area contributed by atoms with E-state index in [4.69, 9.17) is 5.73 Å². The van der Waals surface area contributed by atoms with Crippen LogP contribution >= 0.6 is 0 Å². The summed E-state index contributed by atoms with van der Waals surface area (Å²) in [7, 11) is 0. The van der Waals surface area contributed by atoms with Crippen molar-refractivity contribution >= 4 is 5.91 Å². The van der Waals surface area contributed by atoms with Crippen molar-refractivity contribution in [3.05, 3.63) is 35.4 Å². The van der Waals surface area contributed by atoms with Crippen LogP contribution in [0, 0.1) is 12.8 Å². The van der Waals surface area contributed by atoms with Crippen LogP contribution in [0.4, 0.5) is 0 Å². The maximum atomic E-state index is 11.9. The predicted molar refractivity (Wildman–Crippen MR) is 66.3 cm³/mol. The molecule has 0 aromatic heterocycles. The van der Waals surface area contributed by atoms with Gasteiger partial charge in [-0.3, -0.25) is 4.79 Å². The molecule has 0 aliphatic rings. The largest absolute Gasteiger partial charge is 0.348 e. The Kier molecular flexibility index (Phi) is 4.50. The van der Waals surface area contributed by atoms with Crippen LogP contribution in [0.15, 0.2) is 24.3 Å². The van der Waals surface area contributed by atoms with Crippen LogP contribution in [0.25, 0.3) is 0 Å². The van der Waals surface area contributed by atoms with E-state index in [9.17, 15) is 4.79 Å². The SMILES string of the molecule is Cc1ccc(C(=O)N[C@@H](CN)C(C)C)cc1. The summed E-state index contributed by atoms with van der Waals surface area (Å²) in [6.45, 7) is 6.56. The van der Waals surface area contributed by atoms with Gasteiger partial charge in [-0.2, -0.15) is 0 Å². The van der Waals surface area contributed by atoms with Crippen molar-refractivity contribution in [2.75, 3.05) is 6.54 Å². The molecule has 1 rings (SSSR count). The van der Waals surface area contributed by atoms with Crippen molar-refractivity contribution in [2.45, 2.75) is 26.8 Å². The van der Waals surface area contributed by atoms with Gasteiger partial charge in [0.2, 0.25) is 0 Å². The molecule has 0 aliphatic carbocycles. The number of hydrogen-bond donors (Lipinski definition) is 2. The molecule has 1 aromatic rings. The third-order valence-corrected chi connectivity index (χ3v) is 2.69. The fourth-order valence-corrected chi connectivity index (χ4v) is 1.45. The van der Waals surface area contributed by atoms with E-state index in [1.165, 1.54) is 0 Å². The molecule has 0 fully saturated rings. The topological polar surface area (TPSA) is 55.1 Å². The first-order valence-electron chi connectivity index (χ1n) is 5.62. The molecule has 0 saturated heterocycles. The number of carbonyl (C=O) groups excluding carboxylic acids is 1. The van der Waals surface area contributed by atoms with Crippen LogP contribution in [0.2, 0.25) is 0 Å². The highest BCUT2D eigenvalue weighted by Crippen LogP contribution is 2.05. The first-order valence-corrected chi connectivity index (χ1v) is 5.62. The van der Waals surface area contributed by atoms with Crippen LogP contribution in [0.1, 0.15) is 29.8 Å². The van der Waals surface area contributed by atoms with Gasteiger partial charge in [-0.25, -0.2) is 0 Å². The molecule has 16 heavy (non-hydrogen) atoms. The fourth-order valence-electron chi connectivity index (χ4n) is 1.45. The van der Waals surface area contributed by atoms with E-state index in [1.54, 1.807) is 0 Å². The molecule has 0 radical (unpaired) electrons. The molecule has 0 heterocycles. The molecule has 0 spiro atoms. The van der Waals surface area contributed by atoms with Gasteiger partial charge >= 0.3 is 0 Å². The van der Waals surface area contributed by atoms with E-state index in [0.717, 1.165) is 5.56 Å². The van der Waals surface area contributed by atoms with Gasteiger partial charge in [0.1, 0.15) is 0 Å². The molecule has 0 saturated carbocycles. The van der Waals surface area contributed by atoms with Crippen molar-refractivity contribution in [2.24, 2.45) is 11.7 Å². The van der Waals surface area contributed by atoms with Crippen LogP contribution < -0.4 is 11.1 Å². The standard InChI is InChI=1S/C13H20N2O/c1-9(2)12(8-14)15-13(16)11-6-4-10(3)5-7-11/h4-7,9,12H,8,14H2,1-3H3,(H,15,16)/t12-/m0/s1. The van der Waals surface area contributed by atoms with Gasteiger partial charge in [-0.05, 0) is 25.0 Å². The van der Waals surface area contributed by atoms with E-state index in [1.807, 2.05) is 45.0 Å². The lowest BCUT2D eigenvalue weighted by atomic mass is 10.0. The van der Waals surface area contributed by atoms with Gasteiger partial charge in [0.15, 0.2) is 0 Å². The zero-order valence-corrected chi connectivity index (χ0v) is 10.2. The zero-order chi connectivity index (χ0) is 12.1. The minimum atomic E-state index is -0.0517. The van der Waals surface area contributed by atoms with Crippen molar-refractivity contribution in [3.63, 3.8) is 0 Å². The number of benzene rings is 1. The molecular weight excluding hydrogens is 200 g/mol. The Bertz CT molecular complexity index is 343. The maximum Gasteiger partial charge on any atom is 0.251 e. The Morgan fingerprint density at radius 1 is 1.31 bits per heavy atom. The second kappa shape index (κ2) is 5.66. The first-order chi connectivity index (χ1) is 7.54. The lowest BCUT2D eigenvalue weighted by molar-refractivity contribution is 0.0928. The molecule has 3 heteroatoms. The average molecular weight is 220 g/mol. The van der Waals surface area contributed by atoms with Gasteiger partial charge in [-0.1, -0.05) is 31.5 Å². The molecule has 3 N–H and O–H groups in total. The van der Waals surface area contributed by atoms with Crippen LogP contribution in [-0.4, -0.2) is 18.5 Å². The monoisotopic (exact) mass is 220 g/mol. The smallest absolute Gasteiger partial charge is 0.251 e. The summed E-state index contributed by atoms with van der Waals surface area (Å²) in [6.07, 6.45) is 0. The Labute approximate surface area is 97.0 Å².